The standard InChI is InChI=1S/C16H24BrNO/c1-11(2)10-19-15-9-14(16(15,3)4)18-13-7-5-6-12(17)8-13/h5-8,11,14-15,18H,9-10H2,1-4H3. The van der Waals surface area contributed by atoms with Crippen molar-refractivity contribution in [2.75, 3.05) is 11.9 Å². The zero-order chi connectivity index (χ0) is 14.0. The summed E-state index contributed by atoms with van der Waals surface area (Å²) >= 11 is 3.51. The van der Waals surface area contributed by atoms with E-state index in [0.29, 0.717) is 18.1 Å². The van der Waals surface area contributed by atoms with Gasteiger partial charge in [-0.3, -0.25) is 0 Å². The van der Waals surface area contributed by atoms with Crippen LogP contribution in [0.4, 0.5) is 5.69 Å². The number of hydrogen-bond donors (Lipinski definition) is 1. The predicted molar refractivity (Wildman–Crippen MR) is 84.5 cm³/mol. The number of halogens is 1. The van der Waals surface area contributed by atoms with E-state index in [9.17, 15) is 0 Å². The zero-order valence-corrected chi connectivity index (χ0v) is 13.8. The van der Waals surface area contributed by atoms with Crippen molar-refractivity contribution in [3.63, 3.8) is 0 Å². The summed E-state index contributed by atoms with van der Waals surface area (Å²) in [5.41, 5.74) is 1.37. The van der Waals surface area contributed by atoms with Gasteiger partial charge in [-0.1, -0.05) is 49.7 Å². The fourth-order valence-corrected chi connectivity index (χ4v) is 2.90. The van der Waals surface area contributed by atoms with E-state index < -0.39 is 0 Å². The normalized spacial score (nSPS) is 25.2. The van der Waals surface area contributed by atoms with Gasteiger partial charge in [0.25, 0.3) is 0 Å². The molecule has 0 bridgehead atoms. The molecule has 0 heterocycles. The Morgan fingerprint density at radius 2 is 2.16 bits per heavy atom. The molecule has 19 heavy (non-hydrogen) atoms. The summed E-state index contributed by atoms with van der Waals surface area (Å²) in [7, 11) is 0. The number of nitrogens with one attached hydrogen (secondary N) is 1. The third-order valence-electron chi connectivity index (χ3n) is 3.97. The van der Waals surface area contributed by atoms with Crippen molar-refractivity contribution in [2.45, 2.75) is 46.3 Å². The molecule has 3 heteroatoms. The Labute approximate surface area is 125 Å². The van der Waals surface area contributed by atoms with Crippen molar-refractivity contribution >= 4 is 21.6 Å². The first-order valence-electron chi connectivity index (χ1n) is 7.03. The Bertz CT molecular complexity index is 431. The summed E-state index contributed by atoms with van der Waals surface area (Å²) in [4.78, 5) is 0. The fraction of sp³-hybridized carbons (Fsp3) is 0.625. The van der Waals surface area contributed by atoms with Gasteiger partial charge in [0.1, 0.15) is 0 Å². The van der Waals surface area contributed by atoms with E-state index in [0.717, 1.165) is 17.5 Å². The molecule has 2 atom stereocenters. The summed E-state index contributed by atoms with van der Waals surface area (Å²) in [6.07, 6.45) is 1.46. The van der Waals surface area contributed by atoms with Crippen LogP contribution in [0.25, 0.3) is 0 Å². The molecule has 2 unspecified atom stereocenters. The molecule has 0 saturated heterocycles. The molecule has 2 nitrogen and oxygen atoms in total. The first-order chi connectivity index (χ1) is 8.89. The van der Waals surface area contributed by atoms with E-state index in [2.05, 4.69) is 67.1 Å². The van der Waals surface area contributed by atoms with Gasteiger partial charge in [-0.05, 0) is 30.5 Å². The molecular formula is C16H24BrNO. The van der Waals surface area contributed by atoms with Crippen molar-refractivity contribution in [1.29, 1.82) is 0 Å². The Morgan fingerprint density at radius 3 is 2.74 bits per heavy atom. The molecule has 2 rings (SSSR count). The lowest BCUT2D eigenvalue weighted by Gasteiger charge is -2.52. The minimum Gasteiger partial charge on any atom is -0.382 e. The molecule has 106 valence electrons. The maximum Gasteiger partial charge on any atom is 0.0665 e. The highest BCUT2D eigenvalue weighted by molar-refractivity contribution is 9.10. The van der Waals surface area contributed by atoms with E-state index in [-0.39, 0.29) is 5.41 Å². The van der Waals surface area contributed by atoms with Crippen LogP contribution in [0.3, 0.4) is 0 Å². The van der Waals surface area contributed by atoms with Crippen molar-refractivity contribution < 1.29 is 4.74 Å². The molecule has 1 saturated carbocycles. The molecule has 1 N–H and O–H groups in total. The molecule has 0 amide bonds. The van der Waals surface area contributed by atoms with Gasteiger partial charge in [-0.2, -0.15) is 0 Å². The first-order valence-corrected chi connectivity index (χ1v) is 7.82. The third kappa shape index (κ3) is 3.51. The predicted octanol–water partition coefficient (Wildman–Crippen LogP) is 4.70. The van der Waals surface area contributed by atoms with Crippen LogP contribution in [-0.2, 0) is 4.74 Å². The topological polar surface area (TPSA) is 21.3 Å². The van der Waals surface area contributed by atoms with Crippen LogP contribution in [0.15, 0.2) is 28.7 Å². The van der Waals surface area contributed by atoms with Crippen LogP contribution in [0.1, 0.15) is 34.1 Å². The van der Waals surface area contributed by atoms with Crippen LogP contribution in [0, 0.1) is 11.3 Å². The monoisotopic (exact) mass is 325 g/mol. The zero-order valence-electron chi connectivity index (χ0n) is 12.2. The molecular weight excluding hydrogens is 302 g/mol. The smallest absolute Gasteiger partial charge is 0.0665 e. The molecule has 0 radical (unpaired) electrons. The Hall–Kier alpha value is -0.540. The molecule has 1 aliphatic carbocycles. The first kappa shape index (κ1) is 14.9. The average Bonchev–Trinajstić information content (AvgIpc) is 2.32. The Kier molecular flexibility index (Phi) is 4.57. The number of anilines is 1. The van der Waals surface area contributed by atoms with E-state index in [1.54, 1.807) is 0 Å². The second-order valence-corrected chi connectivity index (χ2v) is 7.40. The molecule has 0 aromatic heterocycles. The molecule has 1 fully saturated rings. The third-order valence-corrected chi connectivity index (χ3v) is 4.47. The largest absolute Gasteiger partial charge is 0.382 e. The fourth-order valence-electron chi connectivity index (χ4n) is 2.50. The highest BCUT2D eigenvalue weighted by atomic mass is 79.9. The molecule has 0 spiro atoms. The highest BCUT2D eigenvalue weighted by Crippen LogP contribution is 2.44. The summed E-state index contributed by atoms with van der Waals surface area (Å²) < 4.78 is 7.11. The van der Waals surface area contributed by atoms with Crippen LogP contribution in [0.5, 0.6) is 0 Å². The van der Waals surface area contributed by atoms with Crippen LogP contribution in [0.2, 0.25) is 0 Å². The van der Waals surface area contributed by atoms with Gasteiger partial charge in [0, 0.05) is 28.2 Å². The molecule has 1 aromatic rings. The van der Waals surface area contributed by atoms with Gasteiger partial charge in [-0.25, -0.2) is 0 Å². The Morgan fingerprint density at radius 1 is 1.42 bits per heavy atom. The van der Waals surface area contributed by atoms with Gasteiger partial charge in [0.2, 0.25) is 0 Å². The van der Waals surface area contributed by atoms with Crippen LogP contribution >= 0.6 is 15.9 Å². The molecule has 1 aromatic carbocycles. The second kappa shape index (κ2) is 5.84. The summed E-state index contributed by atoms with van der Waals surface area (Å²) in [5, 5.41) is 3.62. The van der Waals surface area contributed by atoms with E-state index in [1.165, 1.54) is 5.69 Å². The highest BCUT2D eigenvalue weighted by Gasteiger charge is 2.49. The Balaban J connectivity index is 1.90. The summed E-state index contributed by atoms with van der Waals surface area (Å²) in [6.45, 7) is 9.83. The maximum absolute atomic E-state index is 6.00. The minimum atomic E-state index is 0.192. The van der Waals surface area contributed by atoms with E-state index >= 15 is 0 Å². The maximum atomic E-state index is 6.00. The van der Waals surface area contributed by atoms with Gasteiger partial charge in [0.05, 0.1) is 6.10 Å². The quantitative estimate of drug-likeness (QED) is 0.847. The van der Waals surface area contributed by atoms with Gasteiger partial charge in [0.15, 0.2) is 0 Å². The van der Waals surface area contributed by atoms with Gasteiger partial charge >= 0.3 is 0 Å². The number of rotatable bonds is 5. The van der Waals surface area contributed by atoms with Crippen molar-refractivity contribution in [3.8, 4) is 0 Å². The lowest BCUT2D eigenvalue weighted by atomic mass is 9.64. The minimum absolute atomic E-state index is 0.192. The lowest BCUT2D eigenvalue weighted by molar-refractivity contribution is -0.108. The second-order valence-electron chi connectivity index (χ2n) is 6.48. The molecule has 0 aliphatic heterocycles. The number of ether oxygens (including phenoxy) is 1. The molecule has 1 aliphatic rings. The van der Waals surface area contributed by atoms with E-state index in [1.807, 2.05) is 6.07 Å². The van der Waals surface area contributed by atoms with Crippen LogP contribution in [-0.4, -0.2) is 18.8 Å². The van der Waals surface area contributed by atoms with Crippen molar-refractivity contribution in [3.05, 3.63) is 28.7 Å². The summed E-state index contributed by atoms with van der Waals surface area (Å²) in [6, 6.07) is 8.83. The van der Waals surface area contributed by atoms with Crippen molar-refractivity contribution in [2.24, 2.45) is 11.3 Å². The van der Waals surface area contributed by atoms with E-state index in [4.69, 9.17) is 4.74 Å². The summed E-state index contributed by atoms with van der Waals surface area (Å²) in [5.74, 6) is 0.605. The lowest BCUT2D eigenvalue weighted by Crippen LogP contribution is -2.58. The SMILES string of the molecule is CC(C)COC1CC(Nc2cccc(Br)c2)C1(C)C. The van der Waals surface area contributed by atoms with Gasteiger partial charge < -0.3 is 10.1 Å². The van der Waals surface area contributed by atoms with Crippen molar-refractivity contribution in [1.82, 2.24) is 0 Å². The van der Waals surface area contributed by atoms with Gasteiger partial charge in [-0.15, -0.1) is 0 Å². The van der Waals surface area contributed by atoms with Crippen LogP contribution < -0.4 is 5.32 Å². The number of benzene rings is 1. The number of hydrogen-bond acceptors (Lipinski definition) is 2. The average molecular weight is 326 g/mol.